The molecule has 0 radical (unpaired) electrons. The first-order valence-electron chi connectivity index (χ1n) is 9.81. The second-order valence-corrected chi connectivity index (χ2v) is 10.3. The van der Waals surface area contributed by atoms with Crippen molar-refractivity contribution < 1.29 is 25.2 Å². The predicted molar refractivity (Wildman–Crippen MR) is 126 cm³/mol. The molecule has 0 aliphatic carbocycles. The SMILES string of the molecule is CS(=O)(=O)OCc1cccc(C#Cc2ccccc2C#Cc2cccc(COS(C)(=O)=O)n2)n1. The number of rotatable bonds is 6. The van der Waals surface area contributed by atoms with Crippen molar-refractivity contribution in [3.8, 4) is 23.7 Å². The van der Waals surface area contributed by atoms with Gasteiger partial charge in [0.05, 0.1) is 23.9 Å². The fourth-order valence-electron chi connectivity index (χ4n) is 2.56. The Balaban J connectivity index is 1.80. The van der Waals surface area contributed by atoms with Crippen LogP contribution < -0.4 is 0 Å². The highest BCUT2D eigenvalue weighted by Gasteiger charge is 2.05. The van der Waals surface area contributed by atoms with Crippen molar-refractivity contribution in [2.75, 3.05) is 12.5 Å². The average Bonchev–Trinajstić information content (AvgIpc) is 2.79. The van der Waals surface area contributed by atoms with E-state index in [1.165, 1.54) is 0 Å². The molecule has 3 rings (SSSR count). The minimum atomic E-state index is -3.57. The summed E-state index contributed by atoms with van der Waals surface area (Å²) in [5.74, 6) is 12.0. The van der Waals surface area contributed by atoms with Crippen LogP contribution in [-0.2, 0) is 41.8 Å². The van der Waals surface area contributed by atoms with Crippen LogP contribution in [0.15, 0.2) is 60.7 Å². The highest BCUT2D eigenvalue weighted by Crippen LogP contribution is 2.08. The quantitative estimate of drug-likeness (QED) is 0.377. The van der Waals surface area contributed by atoms with E-state index in [9.17, 15) is 16.8 Å². The molecule has 34 heavy (non-hydrogen) atoms. The molecule has 0 amide bonds. The maximum atomic E-state index is 11.2. The Bertz CT molecular complexity index is 1410. The van der Waals surface area contributed by atoms with Gasteiger partial charge < -0.3 is 0 Å². The van der Waals surface area contributed by atoms with E-state index in [1.54, 1.807) is 36.4 Å². The van der Waals surface area contributed by atoms with Crippen molar-refractivity contribution in [1.29, 1.82) is 0 Å². The molecular weight excluding hydrogens is 476 g/mol. The lowest BCUT2D eigenvalue weighted by Gasteiger charge is -2.01. The number of nitrogens with zero attached hydrogens (tertiary/aromatic N) is 2. The second kappa shape index (κ2) is 11.1. The lowest BCUT2D eigenvalue weighted by molar-refractivity contribution is 0.306. The van der Waals surface area contributed by atoms with Gasteiger partial charge in [-0.2, -0.15) is 16.8 Å². The van der Waals surface area contributed by atoms with Crippen molar-refractivity contribution >= 4 is 20.2 Å². The fourth-order valence-corrected chi connectivity index (χ4v) is 3.23. The third-order valence-corrected chi connectivity index (χ3v) is 5.12. The Kier molecular flexibility index (Phi) is 8.16. The van der Waals surface area contributed by atoms with E-state index in [0.717, 1.165) is 12.5 Å². The van der Waals surface area contributed by atoms with Crippen LogP contribution >= 0.6 is 0 Å². The summed E-state index contributed by atoms with van der Waals surface area (Å²) in [4.78, 5) is 8.59. The van der Waals surface area contributed by atoms with Crippen LogP contribution in [0.25, 0.3) is 0 Å². The first-order valence-corrected chi connectivity index (χ1v) is 13.4. The molecule has 0 saturated carbocycles. The molecule has 0 bridgehead atoms. The molecule has 10 heteroatoms. The van der Waals surface area contributed by atoms with E-state index in [0.29, 0.717) is 33.9 Å². The van der Waals surface area contributed by atoms with E-state index in [2.05, 4.69) is 33.6 Å². The van der Waals surface area contributed by atoms with Gasteiger partial charge in [0.15, 0.2) is 0 Å². The van der Waals surface area contributed by atoms with Crippen LogP contribution in [0.1, 0.15) is 33.9 Å². The fraction of sp³-hybridized carbons (Fsp3) is 0.167. The first-order chi connectivity index (χ1) is 16.1. The van der Waals surface area contributed by atoms with Crippen LogP contribution in [0.4, 0.5) is 0 Å². The van der Waals surface area contributed by atoms with Gasteiger partial charge in [0.1, 0.15) is 24.6 Å². The molecular formula is C24H20N2O6S2. The molecule has 174 valence electrons. The number of aromatic nitrogens is 2. The van der Waals surface area contributed by atoms with Gasteiger partial charge in [-0.15, -0.1) is 0 Å². The average molecular weight is 497 g/mol. The van der Waals surface area contributed by atoms with E-state index in [4.69, 9.17) is 8.37 Å². The standard InChI is InChI=1S/C24H20N2O6S2/c1-33(27,28)31-17-23-11-5-9-21(25-23)15-13-19-7-3-4-8-20(19)14-16-22-10-6-12-24(26-22)18-32-34(2,29)30/h3-12H,17-18H2,1-2H3. The van der Waals surface area contributed by atoms with Crippen molar-refractivity contribution in [3.05, 3.63) is 94.6 Å². The summed E-state index contributed by atoms with van der Waals surface area (Å²) in [6, 6.07) is 17.5. The number of hydrogen-bond acceptors (Lipinski definition) is 8. The molecule has 0 atom stereocenters. The highest BCUT2D eigenvalue weighted by atomic mass is 32.2. The van der Waals surface area contributed by atoms with Gasteiger partial charge in [-0.05, 0) is 48.2 Å². The maximum absolute atomic E-state index is 11.2. The summed E-state index contributed by atoms with van der Waals surface area (Å²) in [5, 5.41) is 0. The van der Waals surface area contributed by atoms with Crippen molar-refractivity contribution in [2.24, 2.45) is 0 Å². The molecule has 0 fully saturated rings. The van der Waals surface area contributed by atoms with Gasteiger partial charge in [-0.3, -0.25) is 8.37 Å². The lowest BCUT2D eigenvalue weighted by atomic mass is 10.1. The largest absolute Gasteiger partial charge is 0.264 e. The van der Waals surface area contributed by atoms with Gasteiger partial charge in [-0.25, -0.2) is 9.97 Å². The summed E-state index contributed by atoms with van der Waals surface area (Å²) in [6.07, 6.45) is 1.95. The zero-order chi connectivity index (χ0) is 24.6. The summed E-state index contributed by atoms with van der Waals surface area (Å²) in [5.41, 5.74) is 3.14. The minimum Gasteiger partial charge on any atom is -0.264 e. The van der Waals surface area contributed by atoms with Gasteiger partial charge in [-0.1, -0.05) is 36.1 Å². The normalized spacial score (nSPS) is 11.1. The van der Waals surface area contributed by atoms with Gasteiger partial charge in [0, 0.05) is 11.1 Å². The third kappa shape index (κ3) is 8.77. The molecule has 2 heterocycles. The number of hydrogen-bond donors (Lipinski definition) is 0. The summed E-state index contributed by atoms with van der Waals surface area (Å²) < 4.78 is 54.2. The van der Waals surface area contributed by atoms with E-state index < -0.39 is 20.2 Å². The monoisotopic (exact) mass is 496 g/mol. The Morgan fingerprint density at radius 3 is 1.41 bits per heavy atom. The molecule has 8 nitrogen and oxygen atoms in total. The van der Waals surface area contributed by atoms with Crippen LogP contribution in [0, 0.1) is 23.7 Å². The van der Waals surface area contributed by atoms with Crippen molar-refractivity contribution in [2.45, 2.75) is 13.2 Å². The molecule has 0 N–H and O–H groups in total. The Morgan fingerprint density at radius 2 is 1.03 bits per heavy atom. The molecule has 0 spiro atoms. The van der Waals surface area contributed by atoms with Gasteiger partial charge in [0.2, 0.25) is 0 Å². The zero-order valence-corrected chi connectivity index (χ0v) is 20.0. The first kappa shape index (κ1) is 25.1. The Morgan fingerprint density at radius 1 is 0.618 bits per heavy atom. The van der Waals surface area contributed by atoms with Gasteiger partial charge >= 0.3 is 0 Å². The summed E-state index contributed by atoms with van der Waals surface area (Å²) in [7, 11) is -7.14. The number of pyridine rings is 2. The highest BCUT2D eigenvalue weighted by molar-refractivity contribution is 7.86. The van der Waals surface area contributed by atoms with E-state index in [1.807, 2.05) is 24.3 Å². The molecule has 3 aromatic rings. The van der Waals surface area contributed by atoms with Crippen LogP contribution in [0.2, 0.25) is 0 Å². The minimum absolute atomic E-state index is 0.169. The molecule has 0 unspecified atom stereocenters. The molecule has 0 aliphatic rings. The van der Waals surface area contributed by atoms with Crippen molar-refractivity contribution in [1.82, 2.24) is 9.97 Å². The third-order valence-electron chi connectivity index (χ3n) is 4.03. The van der Waals surface area contributed by atoms with Crippen LogP contribution in [0.3, 0.4) is 0 Å². The number of benzene rings is 1. The van der Waals surface area contributed by atoms with Crippen LogP contribution in [-0.4, -0.2) is 39.3 Å². The van der Waals surface area contributed by atoms with E-state index >= 15 is 0 Å². The van der Waals surface area contributed by atoms with Gasteiger partial charge in [0.25, 0.3) is 20.2 Å². The molecule has 0 aliphatic heterocycles. The topological polar surface area (TPSA) is 113 Å². The Hall–Kier alpha value is -3.54. The lowest BCUT2D eigenvalue weighted by Crippen LogP contribution is -2.04. The summed E-state index contributed by atoms with van der Waals surface area (Å²) in [6.45, 7) is -0.338. The summed E-state index contributed by atoms with van der Waals surface area (Å²) >= 11 is 0. The molecule has 2 aromatic heterocycles. The molecule has 0 saturated heterocycles. The predicted octanol–water partition coefficient (Wildman–Crippen LogP) is 2.23. The van der Waals surface area contributed by atoms with Crippen molar-refractivity contribution in [3.63, 3.8) is 0 Å². The smallest absolute Gasteiger partial charge is 0.264 e. The maximum Gasteiger partial charge on any atom is 0.264 e. The van der Waals surface area contributed by atoms with Crippen LogP contribution in [0.5, 0.6) is 0 Å². The van der Waals surface area contributed by atoms with E-state index in [-0.39, 0.29) is 13.2 Å². The molecule has 1 aromatic carbocycles. The Labute approximate surface area is 199 Å². The zero-order valence-electron chi connectivity index (χ0n) is 18.3. The second-order valence-electron chi connectivity index (χ2n) is 7.01.